The molecule has 1 amide bonds. The van der Waals surface area contributed by atoms with Gasteiger partial charge in [0.15, 0.2) is 0 Å². The van der Waals surface area contributed by atoms with Crippen LogP contribution >= 0.6 is 0 Å². The predicted octanol–water partition coefficient (Wildman–Crippen LogP) is 4.03. The molecule has 9 heteroatoms. The van der Waals surface area contributed by atoms with Crippen LogP contribution in [0.1, 0.15) is 24.6 Å². The van der Waals surface area contributed by atoms with Gasteiger partial charge in [-0.15, -0.1) is 0 Å². The number of carbonyl (C=O) groups is 1. The molecule has 3 aromatic rings. The fourth-order valence-corrected chi connectivity index (χ4v) is 6.85. The van der Waals surface area contributed by atoms with Gasteiger partial charge in [0.05, 0.1) is 12.2 Å². The summed E-state index contributed by atoms with van der Waals surface area (Å²) in [6.07, 6.45) is 3.24. The van der Waals surface area contributed by atoms with E-state index >= 15 is 0 Å². The standard InChI is InChI=1S/C33H39N7O2/c1-5-31(41)40-16-15-39(20-26(40)18-34-3)32-28-13-14-38(30-12-8-10-24-9-6-7-11-27(24)30)21-29(28)35-33(36-32)42-22-25-17-23(2)19-37(25)4/h5-12,23,25-26H,1,13-22H2,2,4H3/t23-,25-,26?/m0/s1. The number of ether oxygens (including phenoxy) is 1. The van der Waals surface area contributed by atoms with E-state index in [4.69, 9.17) is 21.3 Å². The second kappa shape index (κ2) is 12.0. The van der Waals surface area contributed by atoms with Crippen LogP contribution in [0.4, 0.5) is 11.5 Å². The first-order chi connectivity index (χ1) is 20.4. The average molecular weight is 566 g/mol. The normalized spacial score (nSPS) is 22.6. The van der Waals surface area contributed by atoms with Gasteiger partial charge in [-0.05, 0) is 43.3 Å². The number of likely N-dealkylation sites (N-methyl/N-ethyl adjacent to an activating group) is 1. The number of amides is 1. The van der Waals surface area contributed by atoms with E-state index in [9.17, 15) is 4.79 Å². The molecule has 6 rings (SSSR count). The van der Waals surface area contributed by atoms with Crippen molar-refractivity contribution in [3.8, 4) is 6.01 Å². The van der Waals surface area contributed by atoms with E-state index in [0.29, 0.717) is 50.8 Å². The molecular weight excluding hydrogens is 526 g/mol. The van der Waals surface area contributed by atoms with Crippen LogP contribution in [0.3, 0.4) is 0 Å². The molecular formula is C33H39N7O2. The number of benzene rings is 2. The van der Waals surface area contributed by atoms with Gasteiger partial charge < -0.3 is 24.3 Å². The summed E-state index contributed by atoms with van der Waals surface area (Å²) in [4.78, 5) is 34.9. The third kappa shape index (κ3) is 5.51. The summed E-state index contributed by atoms with van der Waals surface area (Å²) >= 11 is 0. The molecule has 2 saturated heterocycles. The molecule has 3 aliphatic heterocycles. The van der Waals surface area contributed by atoms with Crippen LogP contribution in [-0.2, 0) is 17.8 Å². The van der Waals surface area contributed by atoms with Crippen molar-refractivity contribution in [2.75, 3.05) is 62.7 Å². The van der Waals surface area contributed by atoms with Gasteiger partial charge in [0, 0.05) is 55.4 Å². The molecule has 0 aliphatic carbocycles. The number of likely N-dealkylation sites (tertiary alicyclic amines) is 1. The summed E-state index contributed by atoms with van der Waals surface area (Å²) in [6, 6.07) is 15.5. The fraction of sp³-hybridized carbons (Fsp3) is 0.455. The van der Waals surface area contributed by atoms with Crippen molar-refractivity contribution in [1.82, 2.24) is 19.8 Å². The smallest absolute Gasteiger partial charge is 0.318 e. The first-order valence-electron chi connectivity index (χ1n) is 14.9. The molecule has 1 unspecified atom stereocenters. The molecule has 3 aliphatic rings. The van der Waals surface area contributed by atoms with Gasteiger partial charge in [-0.2, -0.15) is 9.97 Å². The highest BCUT2D eigenvalue weighted by Crippen LogP contribution is 2.35. The van der Waals surface area contributed by atoms with E-state index in [1.54, 1.807) is 4.90 Å². The fourth-order valence-electron chi connectivity index (χ4n) is 6.85. The summed E-state index contributed by atoms with van der Waals surface area (Å²) in [6.45, 7) is 18.5. The number of carbonyl (C=O) groups excluding carboxylic acids is 1. The largest absolute Gasteiger partial charge is 0.462 e. The van der Waals surface area contributed by atoms with Gasteiger partial charge >= 0.3 is 6.01 Å². The van der Waals surface area contributed by atoms with Crippen molar-refractivity contribution in [2.24, 2.45) is 5.92 Å². The van der Waals surface area contributed by atoms with Crippen LogP contribution in [0.5, 0.6) is 6.01 Å². The highest BCUT2D eigenvalue weighted by atomic mass is 16.5. The maximum atomic E-state index is 12.5. The van der Waals surface area contributed by atoms with Crippen LogP contribution in [0, 0.1) is 12.5 Å². The van der Waals surface area contributed by atoms with Gasteiger partial charge in [0.1, 0.15) is 18.5 Å². The van der Waals surface area contributed by atoms with Crippen LogP contribution in [-0.4, -0.2) is 90.7 Å². The molecule has 1 aromatic heterocycles. The van der Waals surface area contributed by atoms with E-state index in [1.165, 1.54) is 22.5 Å². The molecule has 0 radical (unpaired) electrons. The molecule has 0 N–H and O–H groups in total. The van der Waals surface area contributed by atoms with Crippen molar-refractivity contribution in [1.29, 1.82) is 0 Å². The zero-order chi connectivity index (χ0) is 29.2. The van der Waals surface area contributed by atoms with Gasteiger partial charge in [-0.25, -0.2) is 6.57 Å². The number of rotatable bonds is 7. The van der Waals surface area contributed by atoms with E-state index in [2.05, 4.69) is 82.6 Å². The molecule has 4 heterocycles. The first-order valence-corrected chi connectivity index (χ1v) is 14.9. The SMILES string of the molecule is [C-]#[N+]CC1CN(c2nc(OC[C@@H]3C[C@H](C)CN3C)nc3c2CCN(c2cccc4ccccc24)C3)CCN1C(=O)C=C. The van der Waals surface area contributed by atoms with Crippen molar-refractivity contribution >= 4 is 28.2 Å². The molecule has 9 nitrogen and oxygen atoms in total. The van der Waals surface area contributed by atoms with Crippen LogP contribution in [0.15, 0.2) is 55.1 Å². The van der Waals surface area contributed by atoms with Gasteiger partial charge in [-0.1, -0.05) is 49.9 Å². The maximum Gasteiger partial charge on any atom is 0.318 e. The number of fused-ring (bicyclic) bond motifs is 2. The minimum atomic E-state index is -0.221. The van der Waals surface area contributed by atoms with Crippen molar-refractivity contribution in [3.05, 3.63) is 77.8 Å². The van der Waals surface area contributed by atoms with E-state index in [-0.39, 0.29) is 18.5 Å². The molecule has 3 atom stereocenters. The highest BCUT2D eigenvalue weighted by Gasteiger charge is 2.35. The Kier molecular flexibility index (Phi) is 7.98. The van der Waals surface area contributed by atoms with E-state index < -0.39 is 0 Å². The quantitative estimate of drug-likeness (QED) is 0.317. The number of anilines is 2. The van der Waals surface area contributed by atoms with Crippen LogP contribution < -0.4 is 14.5 Å². The summed E-state index contributed by atoms with van der Waals surface area (Å²) in [7, 11) is 2.15. The van der Waals surface area contributed by atoms with E-state index in [1.807, 2.05) is 0 Å². The Morgan fingerprint density at radius 3 is 2.71 bits per heavy atom. The Morgan fingerprint density at radius 2 is 1.93 bits per heavy atom. The molecule has 2 aromatic carbocycles. The number of nitrogens with zero attached hydrogens (tertiary/aromatic N) is 7. The minimum absolute atomic E-state index is 0.127. The number of hydrogen-bond acceptors (Lipinski definition) is 7. The Bertz CT molecular complexity index is 1510. The van der Waals surface area contributed by atoms with Crippen LogP contribution in [0.25, 0.3) is 15.6 Å². The Labute approximate surface area is 248 Å². The summed E-state index contributed by atoms with van der Waals surface area (Å²) in [5.41, 5.74) is 3.32. The van der Waals surface area contributed by atoms with Gasteiger partial charge in [-0.3, -0.25) is 9.69 Å². The average Bonchev–Trinajstić information content (AvgIpc) is 3.34. The zero-order valence-corrected chi connectivity index (χ0v) is 24.6. The molecule has 0 spiro atoms. The summed E-state index contributed by atoms with van der Waals surface area (Å²) < 4.78 is 6.33. The Morgan fingerprint density at radius 1 is 1.10 bits per heavy atom. The first kappa shape index (κ1) is 28.0. The molecule has 0 bridgehead atoms. The number of aromatic nitrogens is 2. The Balaban J connectivity index is 1.32. The van der Waals surface area contributed by atoms with Crippen molar-refractivity contribution in [3.63, 3.8) is 0 Å². The minimum Gasteiger partial charge on any atom is -0.462 e. The second-order valence-electron chi connectivity index (χ2n) is 11.8. The lowest BCUT2D eigenvalue weighted by atomic mass is 10.0. The number of piperazine rings is 1. The van der Waals surface area contributed by atoms with Gasteiger partial charge in [0.2, 0.25) is 12.5 Å². The monoisotopic (exact) mass is 565 g/mol. The highest BCUT2D eigenvalue weighted by molar-refractivity contribution is 5.94. The lowest BCUT2D eigenvalue weighted by Gasteiger charge is -2.41. The van der Waals surface area contributed by atoms with Crippen molar-refractivity contribution in [2.45, 2.75) is 38.4 Å². The molecule has 0 saturated carbocycles. The zero-order valence-electron chi connectivity index (χ0n) is 24.6. The summed E-state index contributed by atoms with van der Waals surface area (Å²) in [5, 5.41) is 2.46. The number of hydrogen-bond donors (Lipinski definition) is 0. The van der Waals surface area contributed by atoms with E-state index in [0.717, 1.165) is 43.0 Å². The predicted molar refractivity (Wildman–Crippen MR) is 166 cm³/mol. The summed E-state index contributed by atoms with van der Waals surface area (Å²) in [5.74, 6) is 1.39. The molecule has 42 heavy (non-hydrogen) atoms. The molecule has 218 valence electrons. The van der Waals surface area contributed by atoms with Crippen LogP contribution in [0.2, 0.25) is 0 Å². The third-order valence-corrected chi connectivity index (χ3v) is 8.97. The Hall–Kier alpha value is -4.16. The maximum absolute atomic E-state index is 12.5. The van der Waals surface area contributed by atoms with Gasteiger partial charge in [0.25, 0.3) is 0 Å². The molecule has 2 fully saturated rings. The lowest BCUT2D eigenvalue weighted by molar-refractivity contribution is -0.128. The third-order valence-electron chi connectivity index (χ3n) is 8.97. The second-order valence-corrected chi connectivity index (χ2v) is 11.8. The topological polar surface area (TPSA) is 69.4 Å². The lowest BCUT2D eigenvalue weighted by Crippen LogP contribution is -2.56. The van der Waals surface area contributed by atoms with Crippen molar-refractivity contribution < 1.29 is 9.53 Å².